The fraction of sp³-hybridized carbons (Fsp3) is 0.467. The number of carbonyl (C=O) groups excluding carboxylic acids is 1. The molecule has 6 nitrogen and oxygen atoms in total. The molecule has 0 unspecified atom stereocenters. The van der Waals surface area contributed by atoms with E-state index < -0.39 is 0 Å². The molecule has 1 atom stereocenters. The normalized spacial score (nSPS) is 11.4. The highest BCUT2D eigenvalue weighted by Gasteiger charge is 2.05. The second-order valence-electron chi connectivity index (χ2n) is 4.91. The molecule has 1 amide bonds. The molecule has 0 spiro atoms. The Bertz CT molecular complexity index is 516. The first kappa shape index (κ1) is 19.7. The minimum absolute atomic E-state index is 0.0653. The molecule has 0 saturated carbocycles. The van der Waals surface area contributed by atoms with E-state index in [1.165, 1.54) is 0 Å². The molecular weight excluding hydrogens is 382 g/mol. The van der Waals surface area contributed by atoms with Crippen molar-refractivity contribution in [3.05, 3.63) is 28.7 Å². The van der Waals surface area contributed by atoms with Crippen LogP contribution in [0.15, 0.2) is 28.7 Å². The summed E-state index contributed by atoms with van der Waals surface area (Å²) in [5, 5.41) is 3.34. The average Bonchev–Trinajstić information content (AvgIpc) is 2.50. The standard InChI is InChI=1S/C15H22BrN3O3S/c1-11(10-21-2)17-15(23)19-18-14(20)7-4-8-22-13-6-3-5-12(16)9-13/h3,5-6,9,11H,4,7-8,10H2,1-2H3,(H,18,20)(H2,17,19,23)/t11-/m1/s1. The molecule has 1 rings (SSSR count). The summed E-state index contributed by atoms with van der Waals surface area (Å²) >= 11 is 8.43. The largest absolute Gasteiger partial charge is 0.494 e. The Kier molecular flexibility index (Phi) is 9.58. The highest BCUT2D eigenvalue weighted by atomic mass is 79.9. The number of nitrogens with one attached hydrogen (secondary N) is 3. The lowest BCUT2D eigenvalue weighted by atomic mass is 10.3. The van der Waals surface area contributed by atoms with Crippen molar-refractivity contribution in [3.8, 4) is 5.75 Å². The summed E-state index contributed by atoms with van der Waals surface area (Å²) in [4.78, 5) is 11.7. The molecule has 0 heterocycles. The number of halogens is 1. The van der Waals surface area contributed by atoms with Crippen molar-refractivity contribution < 1.29 is 14.3 Å². The zero-order valence-corrected chi connectivity index (χ0v) is 15.6. The summed E-state index contributed by atoms with van der Waals surface area (Å²) in [6, 6.07) is 7.64. The van der Waals surface area contributed by atoms with Crippen LogP contribution < -0.4 is 20.9 Å². The first-order chi connectivity index (χ1) is 11.0. The maximum Gasteiger partial charge on any atom is 0.238 e. The van der Waals surface area contributed by atoms with Gasteiger partial charge in [-0.15, -0.1) is 0 Å². The second-order valence-corrected chi connectivity index (χ2v) is 6.24. The number of hydrogen-bond donors (Lipinski definition) is 3. The minimum atomic E-state index is -0.147. The van der Waals surface area contributed by atoms with Gasteiger partial charge in [-0.2, -0.15) is 0 Å². The highest BCUT2D eigenvalue weighted by molar-refractivity contribution is 9.10. The van der Waals surface area contributed by atoms with Gasteiger partial charge in [-0.3, -0.25) is 15.6 Å². The van der Waals surface area contributed by atoms with E-state index in [2.05, 4.69) is 32.1 Å². The number of ether oxygens (including phenoxy) is 2. The van der Waals surface area contributed by atoms with E-state index in [0.29, 0.717) is 31.2 Å². The van der Waals surface area contributed by atoms with E-state index in [9.17, 15) is 4.79 Å². The molecule has 0 bridgehead atoms. The van der Waals surface area contributed by atoms with E-state index in [1.54, 1.807) is 7.11 Å². The van der Waals surface area contributed by atoms with Crippen molar-refractivity contribution in [2.75, 3.05) is 20.3 Å². The fourth-order valence-corrected chi connectivity index (χ4v) is 2.35. The maximum atomic E-state index is 11.7. The molecule has 1 aromatic carbocycles. The highest BCUT2D eigenvalue weighted by Crippen LogP contribution is 2.17. The molecule has 1 aromatic rings. The quantitative estimate of drug-likeness (QED) is 0.350. The topological polar surface area (TPSA) is 71.6 Å². The van der Waals surface area contributed by atoms with Crippen LogP contribution in [0.4, 0.5) is 0 Å². The summed E-state index contributed by atoms with van der Waals surface area (Å²) in [7, 11) is 1.62. The smallest absolute Gasteiger partial charge is 0.238 e. The van der Waals surface area contributed by atoms with Crippen molar-refractivity contribution in [1.29, 1.82) is 0 Å². The van der Waals surface area contributed by atoms with Gasteiger partial charge >= 0.3 is 0 Å². The molecule has 0 fully saturated rings. The third-order valence-electron chi connectivity index (χ3n) is 2.72. The maximum absolute atomic E-state index is 11.7. The van der Waals surface area contributed by atoms with Crippen molar-refractivity contribution >= 4 is 39.2 Å². The van der Waals surface area contributed by atoms with Gasteiger partial charge in [0.2, 0.25) is 5.91 Å². The molecule has 0 aliphatic rings. The number of thiocarbonyl (C=S) groups is 1. The van der Waals surface area contributed by atoms with Crippen LogP contribution in [0.5, 0.6) is 5.75 Å². The Morgan fingerprint density at radius 3 is 2.87 bits per heavy atom. The van der Waals surface area contributed by atoms with Crippen LogP contribution in [0.1, 0.15) is 19.8 Å². The third-order valence-corrected chi connectivity index (χ3v) is 3.44. The van der Waals surface area contributed by atoms with E-state index in [4.69, 9.17) is 21.7 Å². The van der Waals surface area contributed by atoms with E-state index in [0.717, 1.165) is 10.2 Å². The lowest BCUT2D eigenvalue weighted by molar-refractivity contribution is -0.121. The Balaban J connectivity index is 2.11. The Morgan fingerprint density at radius 2 is 2.17 bits per heavy atom. The van der Waals surface area contributed by atoms with Crippen LogP contribution >= 0.6 is 28.1 Å². The summed E-state index contributed by atoms with van der Waals surface area (Å²) < 4.78 is 11.5. The Hall–Kier alpha value is -1.38. The summed E-state index contributed by atoms with van der Waals surface area (Å²) in [6.07, 6.45) is 0.956. The molecule has 0 aliphatic heterocycles. The van der Waals surface area contributed by atoms with Gasteiger partial charge in [-0.1, -0.05) is 22.0 Å². The van der Waals surface area contributed by atoms with Crippen molar-refractivity contribution in [1.82, 2.24) is 16.2 Å². The van der Waals surface area contributed by atoms with E-state index in [-0.39, 0.29) is 11.9 Å². The number of amides is 1. The van der Waals surface area contributed by atoms with Crippen LogP contribution in [-0.4, -0.2) is 37.4 Å². The third kappa shape index (κ3) is 9.37. The number of methoxy groups -OCH3 is 1. The predicted molar refractivity (Wildman–Crippen MR) is 97.2 cm³/mol. The Morgan fingerprint density at radius 1 is 1.39 bits per heavy atom. The number of rotatable bonds is 8. The first-order valence-electron chi connectivity index (χ1n) is 7.24. The number of carbonyl (C=O) groups is 1. The number of benzene rings is 1. The average molecular weight is 404 g/mol. The van der Waals surface area contributed by atoms with Crippen molar-refractivity contribution in [2.24, 2.45) is 0 Å². The lowest BCUT2D eigenvalue weighted by Gasteiger charge is -2.16. The summed E-state index contributed by atoms with van der Waals surface area (Å²) in [6.45, 7) is 2.93. The minimum Gasteiger partial charge on any atom is -0.494 e. The van der Waals surface area contributed by atoms with Gasteiger partial charge in [0.1, 0.15) is 5.75 Å². The predicted octanol–water partition coefficient (Wildman–Crippen LogP) is 2.14. The fourth-order valence-electron chi connectivity index (χ4n) is 1.72. The van der Waals surface area contributed by atoms with Gasteiger partial charge in [-0.05, 0) is 43.8 Å². The molecule has 8 heteroatoms. The SMILES string of the molecule is COC[C@@H](C)NC(=S)NNC(=O)CCCOc1cccc(Br)c1. The van der Waals surface area contributed by atoms with Crippen LogP contribution in [0, 0.1) is 0 Å². The number of hydrogen-bond acceptors (Lipinski definition) is 4. The van der Waals surface area contributed by atoms with Gasteiger partial charge in [0, 0.05) is 24.0 Å². The molecule has 0 aliphatic carbocycles. The molecule has 3 N–H and O–H groups in total. The van der Waals surface area contributed by atoms with Crippen LogP contribution in [0.25, 0.3) is 0 Å². The monoisotopic (exact) mass is 403 g/mol. The van der Waals surface area contributed by atoms with Crippen LogP contribution in [0.3, 0.4) is 0 Å². The van der Waals surface area contributed by atoms with Gasteiger partial charge in [0.25, 0.3) is 0 Å². The Labute approximate surface area is 150 Å². The van der Waals surface area contributed by atoms with Crippen LogP contribution in [-0.2, 0) is 9.53 Å². The van der Waals surface area contributed by atoms with Crippen molar-refractivity contribution in [3.63, 3.8) is 0 Å². The molecule has 0 radical (unpaired) electrons. The van der Waals surface area contributed by atoms with Gasteiger partial charge < -0.3 is 14.8 Å². The molecule has 0 saturated heterocycles. The lowest BCUT2D eigenvalue weighted by Crippen LogP contribution is -2.49. The number of hydrazine groups is 1. The van der Waals surface area contributed by atoms with Crippen LogP contribution in [0.2, 0.25) is 0 Å². The van der Waals surface area contributed by atoms with E-state index >= 15 is 0 Å². The summed E-state index contributed by atoms with van der Waals surface area (Å²) in [5.74, 6) is 0.627. The van der Waals surface area contributed by atoms with Gasteiger partial charge in [0.05, 0.1) is 13.2 Å². The zero-order valence-electron chi connectivity index (χ0n) is 13.2. The molecule has 23 heavy (non-hydrogen) atoms. The second kappa shape index (κ2) is 11.2. The first-order valence-corrected chi connectivity index (χ1v) is 8.44. The molecule has 128 valence electrons. The van der Waals surface area contributed by atoms with E-state index in [1.807, 2.05) is 31.2 Å². The zero-order chi connectivity index (χ0) is 17.1. The van der Waals surface area contributed by atoms with Gasteiger partial charge in [0.15, 0.2) is 5.11 Å². The molecule has 0 aromatic heterocycles. The summed E-state index contributed by atoms with van der Waals surface area (Å²) in [5.41, 5.74) is 5.20. The molecular formula is C15H22BrN3O3S. The van der Waals surface area contributed by atoms with Gasteiger partial charge in [-0.25, -0.2) is 0 Å². The van der Waals surface area contributed by atoms with Crippen molar-refractivity contribution in [2.45, 2.75) is 25.8 Å².